The van der Waals surface area contributed by atoms with Crippen molar-refractivity contribution in [1.82, 2.24) is 0 Å². The normalized spacial score (nSPS) is 11.6. The molecule has 0 aliphatic rings. The van der Waals surface area contributed by atoms with Gasteiger partial charge in [-0.05, 0) is 34.5 Å². The second-order valence-electron chi connectivity index (χ2n) is 2.93. The molecule has 0 aromatic carbocycles. The fourth-order valence-electron chi connectivity index (χ4n) is 1.13. The van der Waals surface area contributed by atoms with E-state index in [1.165, 1.54) is 6.08 Å². The van der Waals surface area contributed by atoms with Crippen LogP contribution in [0.5, 0.6) is 0 Å². The highest BCUT2D eigenvalue weighted by atomic mass is 79.9. The van der Waals surface area contributed by atoms with Crippen LogP contribution in [0.25, 0.3) is 6.08 Å². The van der Waals surface area contributed by atoms with Crippen molar-refractivity contribution in [3.05, 3.63) is 21.0 Å². The van der Waals surface area contributed by atoms with Gasteiger partial charge in [0, 0.05) is 11.1 Å². The highest BCUT2D eigenvalue weighted by molar-refractivity contribution is 9.11. The molecular weight excluding hydrogens is 298 g/mol. The summed E-state index contributed by atoms with van der Waals surface area (Å²) in [5.74, 6) is -1.02. The summed E-state index contributed by atoms with van der Waals surface area (Å²) in [7, 11) is 0. The van der Waals surface area contributed by atoms with E-state index >= 15 is 0 Å². The van der Waals surface area contributed by atoms with Gasteiger partial charge in [-0.2, -0.15) is 0 Å². The molecule has 1 rings (SSSR count). The van der Waals surface area contributed by atoms with E-state index in [0.29, 0.717) is 15.8 Å². The Hall–Kier alpha value is -0.890. The lowest BCUT2D eigenvalue weighted by molar-refractivity contribution is -0.132. The third kappa shape index (κ3) is 3.05. The average molecular weight is 308 g/mol. The Balaban J connectivity index is 3.17. The van der Waals surface area contributed by atoms with Gasteiger partial charge in [0.25, 0.3) is 0 Å². The number of aliphatic carboxylic acids is 1. The Bertz CT molecular complexity index is 427. The largest absolute Gasteiger partial charge is 0.478 e. The van der Waals surface area contributed by atoms with Crippen molar-refractivity contribution in [2.24, 2.45) is 0 Å². The van der Waals surface area contributed by atoms with Crippen LogP contribution in [0, 0.1) is 0 Å². The standard InChI is InChI=1S/C9H10BrNO4S/c1-2-5(9(12)13)3-6-4-7(10)16-8(6)11(14)15/h3-4,14-15H,2H2,1H3,(H,12,13)/b5-3+. The molecule has 1 aromatic rings. The summed E-state index contributed by atoms with van der Waals surface area (Å²) >= 11 is 4.28. The molecule has 0 saturated heterocycles. The summed E-state index contributed by atoms with van der Waals surface area (Å²) in [6, 6.07) is 1.62. The summed E-state index contributed by atoms with van der Waals surface area (Å²) < 4.78 is 0.683. The van der Waals surface area contributed by atoms with Crippen LogP contribution in [0.4, 0.5) is 5.00 Å². The maximum atomic E-state index is 10.8. The minimum atomic E-state index is -1.02. The van der Waals surface area contributed by atoms with Crippen LogP contribution in [0.15, 0.2) is 15.4 Å². The monoisotopic (exact) mass is 307 g/mol. The van der Waals surface area contributed by atoms with Crippen molar-refractivity contribution < 1.29 is 20.3 Å². The summed E-state index contributed by atoms with van der Waals surface area (Å²) in [6.07, 6.45) is 1.78. The first kappa shape index (κ1) is 13.2. The molecule has 1 heterocycles. The van der Waals surface area contributed by atoms with E-state index in [2.05, 4.69) is 15.9 Å². The predicted octanol–water partition coefficient (Wildman–Crippen LogP) is 2.97. The molecule has 0 radical (unpaired) electrons. The molecule has 0 fully saturated rings. The molecule has 88 valence electrons. The molecule has 0 aliphatic heterocycles. The Morgan fingerprint density at radius 3 is 2.69 bits per heavy atom. The number of carboxylic acids is 1. The number of hydrogen-bond donors (Lipinski definition) is 3. The van der Waals surface area contributed by atoms with Crippen molar-refractivity contribution in [3.63, 3.8) is 0 Å². The molecule has 16 heavy (non-hydrogen) atoms. The third-order valence-electron chi connectivity index (χ3n) is 1.88. The Morgan fingerprint density at radius 2 is 2.25 bits per heavy atom. The van der Waals surface area contributed by atoms with Crippen LogP contribution in [-0.2, 0) is 4.79 Å². The van der Waals surface area contributed by atoms with E-state index in [-0.39, 0.29) is 15.8 Å². The summed E-state index contributed by atoms with van der Waals surface area (Å²) in [4.78, 5) is 10.8. The van der Waals surface area contributed by atoms with Crippen LogP contribution >= 0.6 is 27.3 Å². The van der Waals surface area contributed by atoms with Gasteiger partial charge in [-0.3, -0.25) is 10.4 Å². The van der Waals surface area contributed by atoms with E-state index in [4.69, 9.17) is 15.5 Å². The maximum Gasteiger partial charge on any atom is 0.331 e. The van der Waals surface area contributed by atoms with Gasteiger partial charge < -0.3 is 5.11 Å². The Labute approximate surface area is 104 Å². The molecule has 1 aromatic heterocycles. The highest BCUT2D eigenvalue weighted by Crippen LogP contribution is 2.35. The maximum absolute atomic E-state index is 10.8. The summed E-state index contributed by atoms with van der Waals surface area (Å²) in [5.41, 5.74) is 0.648. The molecule has 0 bridgehead atoms. The lowest BCUT2D eigenvalue weighted by Gasteiger charge is -2.06. The van der Waals surface area contributed by atoms with Crippen LogP contribution in [-0.4, -0.2) is 21.5 Å². The van der Waals surface area contributed by atoms with Gasteiger partial charge in [0.15, 0.2) is 5.00 Å². The zero-order valence-electron chi connectivity index (χ0n) is 8.35. The van der Waals surface area contributed by atoms with Crippen LogP contribution in [0.2, 0.25) is 0 Å². The highest BCUT2D eigenvalue weighted by Gasteiger charge is 2.13. The molecule has 0 amide bonds. The smallest absolute Gasteiger partial charge is 0.331 e. The zero-order chi connectivity index (χ0) is 12.3. The topological polar surface area (TPSA) is 81.0 Å². The first-order valence-corrected chi connectivity index (χ1v) is 5.97. The molecule has 0 aliphatic carbocycles. The fourth-order valence-corrected chi connectivity index (χ4v) is 2.52. The molecule has 7 heteroatoms. The average Bonchev–Trinajstić information content (AvgIpc) is 2.55. The van der Waals surface area contributed by atoms with Crippen molar-refractivity contribution in [2.75, 3.05) is 5.23 Å². The van der Waals surface area contributed by atoms with Crippen LogP contribution in [0.3, 0.4) is 0 Å². The van der Waals surface area contributed by atoms with Gasteiger partial charge >= 0.3 is 5.97 Å². The number of halogens is 1. The Morgan fingerprint density at radius 1 is 1.62 bits per heavy atom. The number of carboxylic acid groups (broad SMARTS) is 1. The fraction of sp³-hybridized carbons (Fsp3) is 0.222. The summed E-state index contributed by atoms with van der Waals surface area (Å²) in [5, 5.41) is 26.9. The lowest BCUT2D eigenvalue weighted by atomic mass is 10.1. The lowest BCUT2D eigenvalue weighted by Crippen LogP contribution is -2.10. The molecule has 3 N–H and O–H groups in total. The molecule has 0 saturated carbocycles. The predicted molar refractivity (Wildman–Crippen MR) is 64.0 cm³/mol. The van der Waals surface area contributed by atoms with Crippen LogP contribution < -0.4 is 5.23 Å². The van der Waals surface area contributed by atoms with Gasteiger partial charge in [0.2, 0.25) is 0 Å². The first-order chi connectivity index (χ1) is 7.45. The van der Waals surface area contributed by atoms with Gasteiger partial charge in [0.05, 0.1) is 3.79 Å². The number of thiophene rings is 1. The molecule has 5 nitrogen and oxygen atoms in total. The number of hydrogen-bond acceptors (Lipinski definition) is 5. The number of rotatable bonds is 4. The number of carbonyl (C=O) groups is 1. The van der Waals surface area contributed by atoms with Gasteiger partial charge in [-0.15, -0.1) is 16.6 Å². The minimum absolute atomic E-state index is 0.0175. The first-order valence-electron chi connectivity index (χ1n) is 4.36. The van der Waals surface area contributed by atoms with Crippen LogP contribution in [0.1, 0.15) is 18.9 Å². The van der Waals surface area contributed by atoms with E-state index in [1.807, 2.05) is 0 Å². The van der Waals surface area contributed by atoms with Crippen molar-refractivity contribution in [3.8, 4) is 0 Å². The SMILES string of the molecule is CC/C(=C\c1cc(Br)sc1N(O)O)C(=O)O. The van der Waals surface area contributed by atoms with Gasteiger partial charge in [0.1, 0.15) is 0 Å². The second kappa shape index (κ2) is 5.44. The molecule has 0 unspecified atom stereocenters. The molecular formula is C9H10BrNO4S. The van der Waals surface area contributed by atoms with Gasteiger partial charge in [-0.25, -0.2) is 4.79 Å². The van der Waals surface area contributed by atoms with Crippen molar-refractivity contribution in [1.29, 1.82) is 0 Å². The quantitative estimate of drug-likeness (QED) is 0.588. The second-order valence-corrected chi connectivity index (χ2v) is 5.34. The van der Waals surface area contributed by atoms with Crippen molar-refractivity contribution >= 4 is 44.3 Å². The number of nitrogens with zero attached hydrogens (tertiary/aromatic N) is 1. The van der Waals surface area contributed by atoms with Gasteiger partial charge in [-0.1, -0.05) is 6.92 Å². The van der Waals surface area contributed by atoms with E-state index in [0.717, 1.165) is 11.3 Å². The van der Waals surface area contributed by atoms with E-state index in [1.54, 1.807) is 13.0 Å². The number of anilines is 1. The van der Waals surface area contributed by atoms with E-state index in [9.17, 15) is 4.79 Å². The van der Waals surface area contributed by atoms with E-state index < -0.39 is 5.97 Å². The summed E-state index contributed by atoms with van der Waals surface area (Å²) in [6.45, 7) is 1.72. The third-order valence-corrected chi connectivity index (χ3v) is 3.50. The molecule has 0 spiro atoms. The minimum Gasteiger partial charge on any atom is -0.478 e. The van der Waals surface area contributed by atoms with Crippen molar-refractivity contribution in [2.45, 2.75) is 13.3 Å². The molecule has 0 atom stereocenters. The zero-order valence-corrected chi connectivity index (χ0v) is 10.7. The Kier molecular flexibility index (Phi) is 4.48.